The summed E-state index contributed by atoms with van der Waals surface area (Å²) in [5, 5.41) is 3.99. The van der Waals surface area contributed by atoms with Crippen LogP contribution in [0.2, 0.25) is 25.7 Å². The third kappa shape index (κ3) is 5.14. The van der Waals surface area contributed by atoms with Crippen LogP contribution in [0.1, 0.15) is 10.5 Å². The number of esters is 1. The number of carbonyl (C=O) groups excluding carboxylic acids is 1. The highest BCUT2D eigenvalue weighted by molar-refractivity contribution is 6.76. The van der Waals surface area contributed by atoms with E-state index in [1.165, 1.54) is 17.9 Å². The Bertz CT molecular complexity index is 371. The minimum absolute atomic E-state index is 0.251. The van der Waals surface area contributed by atoms with Gasteiger partial charge in [0, 0.05) is 20.7 Å². The van der Waals surface area contributed by atoms with Gasteiger partial charge in [-0.05, 0) is 6.04 Å². The number of aromatic nitrogens is 2. The maximum Gasteiger partial charge on any atom is 0.358 e. The van der Waals surface area contributed by atoms with E-state index in [2.05, 4.69) is 35.7 Å². The molecule has 1 aromatic rings. The van der Waals surface area contributed by atoms with Gasteiger partial charge in [-0.15, -0.1) is 0 Å². The number of hydrogen-bond acceptors (Lipinski definition) is 4. The normalized spacial score (nSPS) is 11.5. The molecule has 17 heavy (non-hydrogen) atoms. The standard InChI is InChI=1S/C11H19N2O3Si/c1-15-11(14)10-5-6-13(12-10)9-16-7-8-17(2,3)4/h5H,7-9H2,1-4H3. The van der Waals surface area contributed by atoms with Gasteiger partial charge >= 0.3 is 5.97 Å². The van der Waals surface area contributed by atoms with Crippen molar-refractivity contribution in [2.24, 2.45) is 0 Å². The molecule has 0 amide bonds. The van der Waals surface area contributed by atoms with Crippen LogP contribution >= 0.6 is 0 Å². The highest BCUT2D eigenvalue weighted by atomic mass is 28.3. The summed E-state index contributed by atoms with van der Waals surface area (Å²) in [4.78, 5) is 11.1. The van der Waals surface area contributed by atoms with Crippen LogP contribution in [0.5, 0.6) is 0 Å². The van der Waals surface area contributed by atoms with Crippen molar-refractivity contribution in [1.82, 2.24) is 9.78 Å². The summed E-state index contributed by atoms with van der Waals surface area (Å²) in [6.45, 7) is 7.93. The van der Waals surface area contributed by atoms with Gasteiger partial charge in [0.25, 0.3) is 0 Å². The Labute approximate surface area is 103 Å². The topological polar surface area (TPSA) is 53.4 Å². The van der Waals surface area contributed by atoms with E-state index in [4.69, 9.17) is 4.74 Å². The Hall–Kier alpha value is -1.14. The molecule has 1 radical (unpaired) electrons. The first-order valence-corrected chi connectivity index (χ1v) is 9.25. The van der Waals surface area contributed by atoms with Gasteiger partial charge < -0.3 is 9.47 Å². The minimum Gasteiger partial charge on any atom is -0.464 e. The Balaban J connectivity index is 2.33. The summed E-state index contributed by atoms with van der Waals surface area (Å²) >= 11 is 0. The molecular formula is C11H19N2O3Si. The highest BCUT2D eigenvalue weighted by Crippen LogP contribution is 2.07. The monoisotopic (exact) mass is 255 g/mol. The molecule has 0 aliphatic carbocycles. The van der Waals surface area contributed by atoms with Gasteiger partial charge in [-0.1, -0.05) is 19.6 Å². The second-order valence-corrected chi connectivity index (χ2v) is 10.6. The number of ether oxygens (including phenoxy) is 2. The first-order valence-electron chi connectivity index (χ1n) is 5.54. The molecule has 0 unspecified atom stereocenters. The van der Waals surface area contributed by atoms with Crippen LogP contribution in [0.4, 0.5) is 0 Å². The van der Waals surface area contributed by atoms with E-state index in [1.807, 2.05) is 0 Å². The fraction of sp³-hybridized carbons (Fsp3) is 0.636. The molecule has 0 bridgehead atoms. The number of rotatable bonds is 6. The molecule has 0 N–H and O–H groups in total. The lowest BCUT2D eigenvalue weighted by Crippen LogP contribution is -2.22. The zero-order chi connectivity index (χ0) is 12.9. The van der Waals surface area contributed by atoms with Gasteiger partial charge in [0.1, 0.15) is 6.73 Å². The van der Waals surface area contributed by atoms with Gasteiger partial charge in [0.15, 0.2) is 5.69 Å². The molecule has 5 nitrogen and oxygen atoms in total. The molecule has 95 valence electrons. The highest BCUT2D eigenvalue weighted by Gasteiger charge is 2.12. The number of nitrogens with zero attached hydrogens (tertiary/aromatic N) is 2. The predicted octanol–water partition coefficient (Wildman–Crippen LogP) is 1.78. The number of hydrogen-bond donors (Lipinski definition) is 0. The molecule has 1 rings (SSSR count). The van der Waals surface area contributed by atoms with Crippen molar-refractivity contribution >= 4 is 14.0 Å². The van der Waals surface area contributed by atoms with Crippen molar-refractivity contribution in [3.63, 3.8) is 0 Å². The summed E-state index contributed by atoms with van der Waals surface area (Å²) in [7, 11) is 0.272. The van der Waals surface area contributed by atoms with E-state index in [-0.39, 0.29) is 5.69 Å². The molecule has 0 saturated heterocycles. The van der Waals surface area contributed by atoms with Gasteiger partial charge in [-0.3, -0.25) is 0 Å². The molecule has 0 aliphatic heterocycles. The van der Waals surface area contributed by atoms with Gasteiger partial charge in [-0.2, -0.15) is 5.10 Å². The van der Waals surface area contributed by atoms with E-state index in [0.29, 0.717) is 6.73 Å². The van der Waals surface area contributed by atoms with Crippen LogP contribution in [-0.4, -0.2) is 37.5 Å². The zero-order valence-electron chi connectivity index (χ0n) is 10.8. The summed E-state index contributed by atoms with van der Waals surface area (Å²) in [6.07, 6.45) is 2.81. The molecule has 6 heteroatoms. The second-order valence-electron chi connectivity index (χ2n) is 5.00. The van der Waals surface area contributed by atoms with E-state index < -0.39 is 14.0 Å². The van der Waals surface area contributed by atoms with Crippen molar-refractivity contribution in [1.29, 1.82) is 0 Å². The molecule has 1 heterocycles. The van der Waals surface area contributed by atoms with Crippen molar-refractivity contribution < 1.29 is 14.3 Å². The van der Waals surface area contributed by atoms with Crippen LogP contribution in [-0.2, 0) is 16.2 Å². The van der Waals surface area contributed by atoms with Crippen LogP contribution in [0, 0.1) is 6.20 Å². The maximum absolute atomic E-state index is 11.1. The van der Waals surface area contributed by atoms with Crippen molar-refractivity contribution in [2.45, 2.75) is 32.4 Å². The zero-order valence-corrected chi connectivity index (χ0v) is 11.8. The quantitative estimate of drug-likeness (QED) is 0.442. The third-order valence-electron chi connectivity index (χ3n) is 2.18. The summed E-state index contributed by atoms with van der Waals surface area (Å²) in [5.41, 5.74) is 0.251. The number of methoxy groups -OCH3 is 1. The number of carbonyl (C=O) groups is 1. The molecule has 0 aromatic carbocycles. The lowest BCUT2D eigenvalue weighted by molar-refractivity contribution is 0.0582. The smallest absolute Gasteiger partial charge is 0.358 e. The SMILES string of the molecule is COC(=O)c1c[c]n(COCC[Si](C)(C)C)n1. The van der Waals surface area contributed by atoms with Crippen molar-refractivity contribution in [3.8, 4) is 0 Å². The summed E-state index contributed by atoms with van der Waals surface area (Å²) < 4.78 is 11.5. The van der Waals surface area contributed by atoms with E-state index in [1.54, 1.807) is 0 Å². The Kier molecular flexibility index (Phi) is 4.89. The maximum atomic E-state index is 11.1. The average molecular weight is 255 g/mol. The fourth-order valence-electron chi connectivity index (χ4n) is 1.12. The van der Waals surface area contributed by atoms with Gasteiger partial charge in [0.2, 0.25) is 0 Å². The van der Waals surface area contributed by atoms with Gasteiger partial charge in [-0.25, -0.2) is 9.48 Å². The Morgan fingerprint density at radius 2 is 2.24 bits per heavy atom. The van der Waals surface area contributed by atoms with E-state index in [0.717, 1.165) is 12.7 Å². The van der Waals surface area contributed by atoms with E-state index in [9.17, 15) is 4.79 Å². The lowest BCUT2D eigenvalue weighted by Gasteiger charge is -2.15. The molecule has 1 aromatic heterocycles. The largest absolute Gasteiger partial charge is 0.464 e. The average Bonchev–Trinajstić information content (AvgIpc) is 2.70. The van der Waals surface area contributed by atoms with E-state index >= 15 is 0 Å². The molecule has 0 aliphatic rings. The summed E-state index contributed by atoms with van der Waals surface area (Å²) in [6, 6.07) is 2.60. The molecule has 0 saturated carbocycles. The van der Waals surface area contributed by atoms with Crippen molar-refractivity contribution in [2.75, 3.05) is 13.7 Å². The Morgan fingerprint density at radius 1 is 1.53 bits per heavy atom. The van der Waals surface area contributed by atoms with Crippen LogP contribution in [0.25, 0.3) is 0 Å². The molecule has 0 fully saturated rings. The van der Waals surface area contributed by atoms with Crippen molar-refractivity contribution in [3.05, 3.63) is 18.0 Å². The summed E-state index contributed by atoms with van der Waals surface area (Å²) in [5.74, 6) is -0.456. The minimum atomic E-state index is -1.05. The lowest BCUT2D eigenvalue weighted by atomic mass is 10.4. The van der Waals surface area contributed by atoms with Crippen LogP contribution < -0.4 is 0 Å². The molecular weight excluding hydrogens is 236 g/mol. The van der Waals surface area contributed by atoms with Crippen LogP contribution in [0.15, 0.2) is 6.07 Å². The predicted molar refractivity (Wildman–Crippen MR) is 66.5 cm³/mol. The Morgan fingerprint density at radius 3 is 2.82 bits per heavy atom. The first-order chi connectivity index (χ1) is 7.92. The molecule has 0 spiro atoms. The fourth-order valence-corrected chi connectivity index (χ4v) is 1.88. The van der Waals surface area contributed by atoms with Crippen LogP contribution in [0.3, 0.4) is 0 Å². The van der Waals surface area contributed by atoms with Gasteiger partial charge in [0.05, 0.1) is 13.3 Å². The first kappa shape index (κ1) is 13.9. The second kappa shape index (κ2) is 5.97. The third-order valence-corrected chi connectivity index (χ3v) is 3.89. The molecule has 0 atom stereocenters.